The molecule has 0 saturated heterocycles. The number of carbonyl (C=O) groups is 1. The Balaban J connectivity index is 2.18. The molecule has 1 amide bonds. The van der Waals surface area contributed by atoms with Crippen molar-refractivity contribution in [2.24, 2.45) is 5.73 Å². The van der Waals surface area contributed by atoms with Gasteiger partial charge in [0.1, 0.15) is 5.75 Å². The first kappa shape index (κ1) is 17.1. The highest BCUT2D eigenvalue weighted by molar-refractivity contribution is 7.99. The van der Waals surface area contributed by atoms with E-state index < -0.39 is 0 Å². The number of primary amides is 1. The summed E-state index contributed by atoms with van der Waals surface area (Å²) in [6.07, 6.45) is 0. The number of nitrogens with zero attached hydrogens (tertiary/aromatic N) is 3. The van der Waals surface area contributed by atoms with Gasteiger partial charge >= 0.3 is 0 Å². The van der Waals surface area contributed by atoms with Gasteiger partial charge in [0.05, 0.1) is 24.6 Å². The Labute approximate surface area is 139 Å². The molecule has 0 spiro atoms. The van der Waals surface area contributed by atoms with Gasteiger partial charge in [-0.05, 0) is 26.0 Å². The quantitative estimate of drug-likeness (QED) is 0.717. The van der Waals surface area contributed by atoms with Crippen molar-refractivity contribution < 1.29 is 9.53 Å². The number of anilines is 1. The predicted octanol–water partition coefficient (Wildman–Crippen LogP) is 2.06. The molecule has 1 aromatic carbocycles. The minimum Gasteiger partial charge on any atom is -0.495 e. The van der Waals surface area contributed by atoms with E-state index in [1.807, 2.05) is 42.7 Å². The van der Waals surface area contributed by atoms with Crippen molar-refractivity contribution in [3.05, 3.63) is 30.1 Å². The standard InChI is InChI=1S/C15H21N5O2S/c1-4-20-14(18-19-15(20)23-9-13(16)21)10(2)17-11-7-5-6-8-12(11)22-3/h5-8,10,17H,4,9H2,1-3H3,(H2,16,21)/t10-/m0/s1. The van der Waals surface area contributed by atoms with E-state index in [2.05, 4.69) is 15.5 Å². The van der Waals surface area contributed by atoms with E-state index in [1.54, 1.807) is 7.11 Å². The summed E-state index contributed by atoms with van der Waals surface area (Å²) >= 11 is 1.29. The highest BCUT2D eigenvalue weighted by Gasteiger charge is 2.18. The molecule has 8 heteroatoms. The van der Waals surface area contributed by atoms with Crippen LogP contribution in [0.4, 0.5) is 5.69 Å². The summed E-state index contributed by atoms with van der Waals surface area (Å²) in [5.41, 5.74) is 6.08. The molecule has 0 bridgehead atoms. The molecule has 7 nitrogen and oxygen atoms in total. The third-order valence-corrected chi connectivity index (χ3v) is 4.26. The van der Waals surface area contributed by atoms with E-state index in [9.17, 15) is 4.79 Å². The number of benzene rings is 1. The fourth-order valence-electron chi connectivity index (χ4n) is 2.22. The van der Waals surface area contributed by atoms with Crippen molar-refractivity contribution >= 4 is 23.4 Å². The first-order chi connectivity index (χ1) is 11.1. The summed E-state index contributed by atoms with van der Waals surface area (Å²) in [4.78, 5) is 10.9. The number of hydrogen-bond donors (Lipinski definition) is 2. The summed E-state index contributed by atoms with van der Waals surface area (Å²) < 4.78 is 7.32. The van der Waals surface area contributed by atoms with Crippen LogP contribution in [0.1, 0.15) is 25.7 Å². The number of carbonyl (C=O) groups excluding carboxylic acids is 1. The topological polar surface area (TPSA) is 95.1 Å². The minimum absolute atomic E-state index is 0.0679. The summed E-state index contributed by atoms with van der Waals surface area (Å²) in [5.74, 6) is 1.38. The Kier molecular flexibility index (Phi) is 5.86. The fourth-order valence-corrected chi connectivity index (χ4v) is 2.97. The van der Waals surface area contributed by atoms with Gasteiger partial charge in [0.2, 0.25) is 5.91 Å². The molecule has 2 rings (SSSR count). The van der Waals surface area contributed by atoms with E-state index in [0.717, 1.165) is 17.3 Å². The van der Waals surface area contributed by atoms with Crippen LogP contribution in [0.15, 0.2) is 29.4 Å². The summed E-state index contributed by atoms with van der Waals surface area (Å²) in [6.45, 7) is 4.73. The molecule has 23 heavy (non-hydrogen) atoms. The highest BCUT2D eigenvalue weighted by atomic mass is 32.2. The number of nitrogens with two attached hydrogens (primary N) is 1. The third kappa shape index (κ3) is 4.16. The number of ether oxygens (including phenoxy) is 1. The lowest BCUT2D eigenvalue weighted by molar-refractivity contribution is -0.115. The van der Waals surface area contributed by atoms with Gasteiger partial charge < -0.3 is 20.4 Å². The number of rotatable bonds is 8. The van der Waals surface area contributed by atoms with Crippen molar-refractivity contribution in [2.75, 3.05) is 18.2 Å². The van der Waals surface area contributed by atoms with Crippen molar-refractivity contribution in [2.45, 2.75) is 31.6 Å². The second-order valence-electron chi connectivity index (χ2n) is 4.91. The maximum Gasteiger partial charge on any atom is 0.227 e. The molecule has 0 aliphatic carbocycles. The smallest absolute Gasteiger partial charge is 0.227 e. The number of nitrogens with one attached hydrogen (secondary N) is 1. The van der Waals surface area contributed by atoms with Gasteiger partial charge in [-0.25, -0.2) is 0 Å². The minimum atomic E-state index is -0.373. The Morgan fingerprint density at radius 3 is 2.83 bits per heavy atom. The van der Waals surface area contributed by atoms with Crippen LogP contribution in [0.25, 0.3) is 0 Å². The first-order valence-corrected chi connectivity index (χ1v) is 8.29. The molecule has 0 aliphatic heterocycles. The summed E-state index contributed by atoms with van der Waals surface area (Å²) in [7, 11) is 1.64. The van der Waals surface area contributed by atoms with E-state index in [4.69, 9.17) is 10.5 Å². The molecule has 0 aliphatic rings. The highest BCUT2D eigenvalue weighted by Crippen LogP contribution is 2.28. The second kappa shape index (κ2) is 7.87. The lowest BCUT2D eigenvalue weighted by atomic mass is 10.2. The lowest BCUT2D eigenvalue weighted by Crippen LogP contribution is -2.16. The first-order valence-electron chi connectivity index (χ1n) is 7.30. The largest absolute Gasteiger partial charge is 0.495 e. The van der Waals surface area contributed by atoms with Gasteiger partial charge in [0, 0.05) is 6.54 Å². The van der Waals surface area contributed by atoms with Crippen molar-refractivity contribution in [1.82, 2.24) is 14.8 Å². The van der Waals surface area contributed by atoms with Crippen molar-refractivity contribution in [3.8, 4) is 5.75 Å². The molecule has 1 aromatic heterocycles. The van der Waals surface area contributed by atoms with Crippen LogP contribution >= 0.6 is 11.8 Å². The van der Waals surface area contributed by atoms with Crippen LogP contribution in [-0.2, 0) is 11.3 Å². The summed E-state index contributed by atoms with van der Waals surface area (Å²) in [6, 6.07) is 7.64. The zero-order valence-corrected chi connectivity index (χ0v) is 14.3. The Bertz CT molecular complexity index is 674. The van der Waals surface area contributed by atoms with Crippen molar-refractivity contribution in [1.29, 1.82) is 0 Å². The Hall–Kier alpha value is -2.22. The van der Waals surface area contributed by atoms with Gasteiger partial charge in [-0.3, -0.25) is 4.79 Å². The Morgan fingerprint density at radius 2 is 2.17 bits per heavy atom. The van der Waals surface area contributed by atoms with Crippen LogP contribution in [-0.4, -0.2) is 33.5 Å². The Morgan fingerprint density at radius 1 is 1.43 bits per heavy atom. The maximum absolute atomic E-state index is 10.9. The maximum atomic E-state index is 10.9. The molecule has 124 valence electrons. The number of amides is 1. The predicted molar refractivity (Wildman–Crippen MR) is 90.6 cm³/mol. The molecular weight excluding hydrogens is 314 g/mol. The van der Waals surface area contributed by atoms with Crippen LogP contribution in [0.3, 0.4) is 0 Å². The fraction of sp³-hybridized carbons (Fsp3) is 0.400. The molecule has 0 saturated carbocycles. The molecule has 3 N–H and O–H groups in total. The van der Waals surface area contributed by atoms with E-state index in [1.165, 1.54) is 11.8 Å². The van der Waals surface area contributed by atoms with Gasteiger partial charge in [-0.1, -0.05) is 23.9 Å². The van der Waals surface area contributed by atoms with Crippen LogP contribution in [0.2, 0.25) is 0 Å². The lowest BCUT2D eigenvalue weighted by Gasteiger charge is -2.17. The number of methoxy groups -OCH3 is 1. The molecule has 1 atom stereocenters. The zero-order chi connectivity index (χ0) is 16.8. The van der Waals surface area contributed by atoms with Gasteiger partial charge in [-0.15, -0.1) is 10.2 Å². The normalized spacial score (nSPS) is 12.0. The van der Waals surface area contributed by atoms with Gasteiger partial charge in [-0.2, -0.15) is 0 Å². The van der Waals surface area contributed by atoms with Gasteiger partial charge in [0.15, 0.2) is 11.0 Å². The SMILES string of the molecule is CCn1c(SCC(N)=O)nnc1[C@H](C)Nc1ccccc1OC. The summed E-state index contributed by atoms with van der Waals surface area (Å²) in [5, 5.41) is 12.5. The van der Waals surface area contributed by atoms with Crippen LogP contribution in [0, 0.1) is 0 Å². The van der Waals surface area contributed by atoms with E-state index >= 15 is 0 Å². The molecule has 1 heterocycles. The number of para-hydroxylation sites is 2. The van der Waals surface area contributed by atoms with Crippen molar-refractivity contribution in [3.63, 3.8) is 0 Å². The average Bonchev–Trinajstić information content (AvgIpc) is 2.96. The van der Waals surface area contributed by atoms with E-state index in [-0.39, 0.29) is 17.7 Å². The zero-order valence-electron chi connectivity index (χ0n) is 13.4. The van der Waals surface area contributed by atoms with Gasteiger partial charge in [0.25, 0.3) is 0 Å². The number of hydrogen-bond acceptors (Lipinski definition) is 6. The van der Waals surface area contributed by atoms with Crippen LogP contribution < -0.4 is 15.8 Å². The molecular formula is C15H21N5O2S. The molecule has 2 aromatic rings. The molecule has 0 fully saturated rings. The van der Waals surface area contributed by atoms with Crippen LogP contribution in [0.5, 0.6) is 5.75 Å². The number of thioether (sulfide) groups is 1. The monoisotopic (exact) mass is 335 g/mol. The number of aromatic nitrogens is 3. The molecule has 0 radical (unpaired) electrons. The average molecular weight is 335 g/mol. The second-order valence-corrected chi connectivity index (χ2v) is 5.85. The third-order valence-electron chi connectivity index (χ3n) is 3.27. The van der Waals surface area contributed by atoms with E-state index in [0.29, 0.717) is 11.7 Å². The molecule has 0 unspecified atom stereocenters.